The lowest BCUT2D eigenvalue weighted by molar-refractivity contribution is -0.146. The number of alkyl halides is 3. The van der Waals surface area contributed by atoms with Crippen molar-refractivity contribution in [2.75, 3.05) is 24.5 Å². The summed E-state index contributed by atoms with van der Waals surface area (Å²) in [5.41, 5.74) is 1.26. The van der Waals surface area contributed by atoms with Gasteiger partial charge in [-0.15, -0.1) is 15.3 Å². The van der Waals surface area contributed by atoms with Gasteiger partial charge in [-0.1, -0.05) is 30.3 Å². The number of benzene rings is 1. The number of aryl methyl sites for hydroxylation is 1. The molecule has 0 saturated carbocycles. The van der Waals surface area contributed by atoms with Crippen LogP contribution in [0.15, 0.2) is 42.5 Å². The molecule has 1 fully saturated rings. The molecule has 1 aliphatic heterocycles. The maximum Gasteiger partial charge on any atom is 0.453 e. The lowest BCUT2D eigenvalue weighted by atomic mass is 9.97. The minimum atomic E-state index is -4.64. The minimum absolute atomic E-state index is 0.0285. The monoisotopic (exact) mass is 432 g/mol. The predicted molar refractivity (Wildman–Crippen MR) is 108 cm³/mol. The Balaban J connectivity index is 1.36. The first-order valence-electron chi connectivity index (χ1n) is 10.3. The van der Waals surface area contributed by atoms with E-state index in [9.17, 15) is 18.0 Å². The van der Waals surface area contributed by atoms with Crippen molar-refractivity contribution >= 4 is 17.4 Å². The lowest BCUT2D eigenvalue weighted by Gasteiger charge is -2.32. The summed E-state index contributed by atoms with van der Waals surface area (Å²) in [4.78, 5) is 14.5. The van der Waals surface area contributed by atoms with Crippen LogP contribution in [0.25, 0.3) is 5.65 Å². The van der Waals surface area contributed by atoms with E-state index in [0.717, 1.165) is 25.7 Å². The molecule has 1 aromatic carbocycles. The van der Waals surface area contributed by atoms with E-state index in [0.29, 0.717) is 30.0 Å². The summed E-state index contributed by atoms with van der Waals surface area (Å²) in [6.45, 7) is 1.62. The topological polar surface area (TPSA) is 75.4 Å². The zero-order valence-electron chi connectivity index (χ0n) is 16.8. The van der Waals surface area contributed by atoms with Gasteiger partial charge in [0, 0.05) is 19.6 Å². The molecule has 0 spiro atoms. The van der Waals surface area contributed by atoms with Gasteiger partial charge < -0.3 is 10.2 Å². The number of nitrogens with zero attached hydrogens (tertiary/aromatic N) is 5. The summed E-state index contributed by atoms with van der Waals surface area (Å²) < 4.78 is 40.1. The Morgan fingerprint density at radius 1 is 1.13 bits per heavy atom. The van der Waals surface area contributed by atoms with Gasteiger partial charge in [-0.2, -0.15) is 17.7 Å². The van der Waals surface area contributed by atoms with Gasteiger partial charge in [0.2, 0.25) is 5.91 Å². The normalized spacial score (nSPS) is 17.1. The predicted octanol–water partition coefficient (Wildman–Crippen LogP) is 3.11. The maximum absolute atomic E-state index is 13.1. The first-order chi connectivity index (χ1) is 14.9. The van der Waals surface area contributed by atoms with Crippen molar-refractivity contribution < 1.29 is 18.0 Å². The molecule has 7 nitrogen and oxygen atoms in total. The third kappa shape index (κ3) is 4.95. The average molecular weight is 432 g/mol. The van der Waals surface area contributed by atoms with Crippen molar-refractivity contribution in [2.24, 2.45) is 5.92 Å². The van der Waals surface area contributed by atoms with Crippen LogP contribution in [-0.4, -0.2) is 45.4 Å². The number of aromatic nitrogens is 4. The zero-order chi connectivity index (χ0) is 21.8. The largest absolute Gasteiger partial charge is 0.453 e. The van der Waals surface area contributed by atoms with E-state index < -0.39 is 12.0 Å². The fraction of sp³-hybridized carbons (Fsp3) is 0.429. The number of halogens is 3. The van der Waals surface area contributed by atoms with Gasteiger partial charge in [0.1, 0.15) is 5.82 Å². The molecule has 3 aromatic rings. The molecular formula is C21H23F3N6O. The third-order valence-electron chi connectivity index (χ3n) is 5.40. The summed E-state index contributed by atoms with van der Waals surface area (Å²) in [5.74, 6) is -1.04. The van der Waals surface area contributed by atoms with Crippen LogP contribution in [-0.2, 0) is 17.4 Å². The Kier molecular flexibility index (Phi) is 6.06. The standard InChI is InChI=1S/C21H23F3N6O/c22-21(23,24)20-27-26-17-10-11-18(28-30(17)20)29-13-5-9-16(14-29)19(31)25-12-4-8-15-6-2-1-3-7-15/h1-3,6-7,10-11,16H,4-5,8-9,12-14H2,(H,25,31). The van der Waals surface area contributed by atoms with Gasteiger partial charge in [0.25, 0.3) is 5.82 Å². The van der Waals surface area contributed by atoms with E-state index in [1.807, 2.05) is 23.1 Å². The molecule has 1 aliphatic rings. The molecule has 1 N–H and O–H groups in total. The van der Waals surface area contributed by atoms with Gasteiger partial charge in [-0.25, -0.2) is 0 Å². The smallest absolute Gasteiger partial charge is 0.356 e. The molecule has 1 amide bonds. The fourth-order valence-electron chi connectivity index (χ4n) is 3.82. The lowest BCUT2D eigenvalue weighted by Crippen LogP contribution is -2.43. The number of rotatable bonds is 6. The number of carbonyl (C=O) groups is 1. The van der Waals surface area contributed by atoms with E-state index in [4.69, 9.17) is 0 Å². The Bertz CT molecular complexity index is 1040. The molecule has 1 saturated heterocycles. The van der Waals surface area contributed by atoms with Gasteiger partial charge in [-0.3, -0.25) is 4.79 Å². The van der Waals surface area contributed by atoms with E-state index in [1.165, 1.54) is 11.6 Å². The third-order valence-corrected chi connectivity index (χ3v) is 5.40. The highest BCUT2D eigenvalue weighted by Crippen LogP contribution is 2.28. The van der Waals surface area contributed by atoms with Crippen LogP contribution >= 0.6 is 0 Å². The van der Waals surface area contributed by atoms with E-state index in [1.54, 1.807) is 6.07 Å². The molecule has 31 heavy (non-hydrogen) atoms. The van der Waals surface area contributed by atoms with Crippen LogP contribution in [0.2, 0.25) is 0 Å². The molecule has 164 valence electrons. The summed E-state index contributed by atoms with van der Waals surface area (Å²) in [6, 6.07) is 13.2. The number of anilines is 1. The van der Waals surface area contributed by atoms with E-state index in [2.05, 4.69) is 32.7 Å². The average Bonchev–Trinajstić information content (AvgIpc) is 3.21. The van der Waals surface area contributed by atoms with Crippen LogP contribution in [0.3, 0.4) is 0 Å². The van der Waals surface area contributed by atoms with Crippen molar-refractivity contribution in [2.45, 2.75) is 31.9 Å². The first-order valence-corrected chi connectivity index (χ1v) is 10.3. The van der Waals surface area contributed by atoms with Crippen LogP contribution < -0.4 is 10.2 Å². The Morgan fingerprint density at radius 2 is 1.94 bits per heavy atom. The van der Waals surface area contributed by atoms with Crippen molar-refractivity contribution in [3.8, 4) is 0 Å². The number of hydrogen-bond acceptors (Lipinski definition) is 5. The van der Waals surface area contributed by atoms with Gasteiger partial charge >= 0.3 is 6.18 Å². The van der Waals surface area contributed by atoms with Crippen molar-refractivity contribution in [1.29, 1.82) is 0 Å². The molecule has 0 bridgehead atoms. The first kappa shape index (κ1) is 21.1. The molecule has 2 aromatic heterocycles. The maximum atomic E-state index is 13.1. The highest BCUT2D eigenvalue weighted by atomic mass is 19.4. The Labute approximate surface area is 177 Å². The van der Waals surface area contributed by atoms with Crippen molar-refractivity contribution in [1.82, 2.24) is 25.1 Å². The van der Waals surface area contributed by atoms with E-state index >= 15 is 0 Å². The van der Waals surface area contributed by atoms with Gasteiger partial charge in [0.15, 0.2) is 5.65 Å². The summed E-state index contributed by atoms with van der Waals surface area (Å²) in [7, 11) is 0. The van der Waals surface area contributed by atoms with Crippen LogP contribution in [0.1, 0.15) is 30.7 Å². The number of amides is 1. The number of nitrogens with one attached hydrogen (secondary N) is 1. The number of piperidine rings is 1. The second-order valence-electron chi connectivity index (χ2n) is 7.65. The summed E-state index contributed by atoms with van der Waals surface area (Å²) in [6.07, 6.45) is -1.41. The minimum Gasteiger partial charge on any atom is -0.356 e. The van der Waals surface area contributed by atoms with Crippen molar-refractivity contribution in [3.63, 3.8) is 0 Å². The van der Waals surface area contributed by atoms with Crippen LogP contribution in [0, 0.1) is 5.92 Å². The highest BCUT2D eigenvalue weighted by molar-refractivity contribution is 5.79. The van der Waals surface area contributed by atoms with Gasteiger partial charge in [0.05, 0.1) is 5.92 Å². The SMILES string of the molecule is O=C(NCCCc1ccccc1)C1CCCN(c2ccc3nnc(C(F)(F)F)n3n2)C1. The molecule has 10 heteroatoms. The number of hydrogen-bond donors (Lipinski definition) is 1. The number of carbonyl (C=O) groups excluding carboxylic acids is 1. The quantitative estimate of drug-likeness (QED) is 0.606. The summed E-state index contributed by atoms with van der Waals surface area (Å²) >= 11 is 0. The van der Waals surface area contributed by atoms with E-state index in [-0.39, 0.29) is 17.5 Å². The fourth-order valence-corrected chi connectivity index (χ4v) is 3.82. The number of fused-ring (bicyclic) bond motifs is 1. The highest BCUT2D eigenvalue weighted by Gasteiger charge is 2.38. The van der Waals surface area contributed by atoms with Crippen LogP contribution in [0.4, 0.5) is 19.0 Å². The molecule has 1 unspecified atom stereocenters. The summed E-state index contributed by atoms with van der Waals surface area (Å²) in [5, 5.41) is 13.8. The van der Waals surface area contributed by atoms with Crippen LogP contribution in [0.5, 0.6) is 0 Å². The molecule has 4 rings (SSSR count). The van der Waals surface area contributed by atoms with Gasteiger partial charge in [-0.05, 0) is 43.4 Å². The second kappa shape index (κ2) is 8.91. The Hall–Kier alpha value is -3.17. The molecule has 3 heterocycles. The molecular weight excluding hydrogens is 409 g/mol. The Morgan fingerprint density at radius 3 is 2.71 bits per heavy atom. The van der Waals surface area contributed by atoms with Crippen molar-refractivity contribution in [3.05, 3.63) is 53.9 Å². The molecule has 0 aliphatic carbocycles. The second-order valence-corrected chi connectivity index (χ2v) is 7.65. The zero-order valence-corrected chi connectivity index (χ0v) is 16.8. The molecule has 1 atom stereocenters. The molecule has 0 radical (unpaired) electrons.